The van der Waals surface area contributed by atoms with Gasteiger partial charge >= 0.3 is 0 Å². The van der Waals surface area contributed by atoms with E-state index in [-0.39, 0.29) is 0 Å². The molecule has 1 N–H and O–H groups in total. The fourth-order valence-corrected chi connectivity index (χ4v) is 2.20. The van der Waals surface area contributed by atoms with Crippen LogP contribution in [0.5, 0.6) is 0 Å². The van der Waals surface area contributed by atoms with Crippen LogP contribution < -0.4 is 5.32 Å². The molecule has 0 saturated heterocycles. The van der Waals surface area contributed by atoms with Crippen LogP contribution in [0.25, 0.3) is 10.8 Å². The van der Waals surface area contributed by atoms with E-state index < -0.39 is 0 Å². The largest absolute Gasteiger partial charge is 0.309 e. The van der Waals surface area contributed by atoms with Gasteiger partial charge in [-0.15, -0.1) is 0 Å². The third kappa shape index (κ3) is 3.00. The second-order valence-corrected chi connectivity index (χ2v) is 4.97. The minimum Gasteiger partial charge on any atom is -0.309 e. The van der Waals surface area contributed by atoms with Gasteiger partial charge in [-0.1, -0.05) is 18.2 Å². The molecule has 0 atom stereocenters. The molecule has 0 spiro atoms. The monoisotopic (exact) mass is 263 g/mol. The zero-order valence-electron chi connectivity index (χ0n) is 11.5. The number of benzene rings is 1. The molecule has 3 aromatic rings. The number of rotatable bonds is 4. The summed E-state index contributed by atoms with van der Waals surface area (Å²) in [5, 5.41) is 5.86. The molecule has 0 amide bonds. The molecule has 0 bridgehead atoms. The Hall–Kier alpha value is -2.26. The molecule has 0 fully saturated rings. The van der Waals surface area contributed by atoms with Gasteiger partial charge in [0, 0.05) is 42.8 Å². The lowest BCUT2D eigenvalue weighted by molar-refractivity contribution is 0.691. The Morgan fingerprint density at radius 2 is 1.75 bits per heavy atom. The van der Waals surface area contributed by atoms with Crippen molar-refractivity contribution in [1.29, 1.82) is 0 Å². The van der Waals surface area contributed by atoms with Crippen molar-refractivity contribution in [3.8, 4) is 0 Å². The van der Waals surface area contributed by atoms with Gasteiger partial charge in [0.1, 0.15) is 0 Å². The Labute approximate surface area is 118 Å². The van der Waals surface area contributed by atoms with E-state index in [9.17, 15) is 0 Å². The lowest BCUT2D eigenvalue weighted by atomic mass is 10.1. The maximum Gasteiger partial charge on any atom is 0.0372 e. The maximum atomic E-state index is 4.30. The zero-order chi connectivity index (χ0) is 13.8. The van der Waals surface area contributed by atoms with Gasteiger partial charge in [0.25, 0.3) is 0 Å². The van der Waals surface area contributed by atoms with Crippen molar-refractivity contribution in [2.75, 3.05) is 0 Å². The van der Waals surface area contributed by atoms with E-state index in [1.165, 1.54) is 21.9 Å². The van der Waals surface area contributed by atoms with Crippen LogP contribution in [0.3, 0.4) is 0 Å². The lowest BCUT2D eigenvalue weighted by Gasteiger charge is -2.06. The highest BCUT2D eigenvalue weighted by Crippen LogP contribution is 2.14. The van der Waals surface area contributed by atoms with Crippen molar-refractivity contribution >= 4 is 10.8 Å². The molecule has 2 aromatic heterocycles. The highest BCUT2D eigenvalue weighted by Gasteiger charge is 1.97. The van der Waals surface area contributed by atoms with Crippen molar-refractivity contribution in [3.05, 3.63) is 71.8 Å². The second-order valence-electron chi connectivity index (χ2n) is 4.97. The first kappa shape index (κ1) is 12.8. The number of hydrogen-bond acceptors (Lipinski definition) is 3. The molecule has 0 unspecified atom stereocenters. The summed E-state index contributed by atoms with van der Waals surface area (Å²) in [7, 11) is 0. The molecule has 0 radical (unpaired) electrons. The number of nitrogens with zero attached hydrogens (tertiary/aromatic N) is 2. The lowest BCUT2D eigenvalue weighted by Crippen LogP contribution is -2.12. The molecule has 3 rings (SSSR count). The molecule has 0 aliphatic carbocycles. The summed E-state index contributed by atoms with van der Waals surface area (Å²) < 4.78 is 0. The number of pyridine rings is 2. The highest BCUT2D eigenvalue weighted by molar-refractivity contribution is 5.81. The van der Waals surface area contributed by atoms with Crippen LogP contribution in [-0.4, -0.2) is 9.97 Å². The van der Waals surface area contributed by atoms with Crippen LogP contribution in [0.4, 0.5) is 0 Å². The van der Waals surface area contributed by atoms with Gasteiger partial charge < -0.3 is 5.32 Å². The summed E-state index contributed by atoms with van der Waals surface area (Å²) in [4.78, 5) is 8.43. The van der Waals surface area contributed by atoms with Crippen LogP contribution in [0, 0.1) is 6.92 Å². The third-order valence-corrected chi connectivity index (χ3v) is 3.34. The van der Waals surface area contributed by atoms with Gasteiger partial charge in [0.15, 0.2) is 0 Å². The molecule has 1 aromatic carbocycles. The molecule has 3 nitrogen and oxygen atoms in total. The quantitative estimate of drug-likeness (QED) is 0.785. The predicted molar refractivity (Wildman–Crippen MR) is 81.3 cm³/mol. The Bertz CT molecular complexity index is 705. The average molecular weight is 263 g/mol. The molecule has 100 valence electrons. The Balaban J connectivity index is 1.63. The summed E-state index contributed by atoms with van der Waals surface area (Å²) in [6.45, 7) is 3.69. The fourth-order valence-electron chi connectivity index (χ4n) is 2.20. The molecule has 0 aliphatic rings. The van der Waals surface area contributed by atoms with Gasteiger partial charge in [-0.3, -0.25) is 9.97 Å². The normalized spacial score (nSPS) is 10.8. The minimum atomic E-state index is 0.835. The van der Waals surface area contributed by atoms with E-state index in [4.69, 9.17) is 0 Å². The topological polar surface area (TPSA) is 37.8 Å². The van der Waals surface area contributed by atoms with Crippen molar-refractivity contribution in [2.24, 2.45) is 0 Å². The Kier molecular flexibility index (Phi) is 3.70. The number of nitrogens with one attached hydrogen (secondary N) is 1. The smallest absolute Gasteiger partial charge is 0.0372 e. The third-order valence-electron chi connectivity index (χ3n) is 3.34. The van der Waals surface area contributed by atoms with E-state index in [0.29, 0.717) is 0 Å². The number of aryl methyl sites for hydroxylation is 1. The summed E-state index contributed by atoms with van der Waals surface area (Å²) in [5.41, 5.74) is 3.54. The first-order valence-electron chi connectivity index (χ1n) is 6.76. The van der Waals surface area contributed by atoms with Crippen molar-refractivity contribution in [3.63, 3.8) is 0 Å². The molecule has 20 heavy (non-hydrogen) atoms. The zero-order valence-corrected chi connectivity index (χ0v) is 11.5. The molecule has 2 heterocycles. The van der Waals surface area contributed by atoms with Gasteiger partial charge in [0.2, 0.25) is 0 Å². The molecular weight excluding hydrogens is 246 g/mol. The second kappa shape index (κ2) is 5.80. The summed E-state index contributed by atoms with van der Waals surface area (Å²) >= 11 is 0. The first-order chi connectivity index (χ1) is 9.81. The van der Waals surface area contributed by atoms with Crippen molar-refractivity contribution in [1.82, 2.24) is 15.3 Å². The fraction of sp³-hybridized carbons (Fsp3) is 0.176. The predicted octanol–water partition coefficient (Wildman–Crippen LogP) is 3.23. The maximum absolute atomic E-state index is 4.30. The van der Waals surface area contributed by atoms with E-state index in [0.717, 1.165) is 18.8 Å². The summed E-state index contributed by atoms with van der Waals surface area (Å²) in [6, 6.07) is 12.7. The number of fused-ring (bicyclic) bond motifs is 1. The molecular formula is C17H17N3. The van der Waals surface area contributed by atoms with Crippen LogP contribution in [0.15, 0.2) is 55.0 Å². The van der Waals surface area contributed by atoms with Crippen LogP contribution >= 0.6 is 0 Å². The minimum absolute atomic E-state index is 0.835. The van der Waals surface area contributed by atoms with Gasteiger partial charge in [-0.2, -0.15) is 0 Å². The average Bonchev–Trinajstić information content (AvgIpc) is 2.49. The van der Waals surface area contributed by atoms with Crippen LogP contribution in [0.1, 0.15) is 16.8 Å². The number of hydrogen-bond donors (Lipinski definition) is 1. The van der Waals surface area contributed by atoms with Crippen molar-refractivity contribution in [2.45, 2.75) is 20.0 Å². The number of aromatic nitrogens is 2. The van der Waals surface area contributed by atoms with Crippen LogP contribution in [0.2, 0.25) is 0 Å². The van der Waals surface area contributed by atoms with E-state index in [1.807, 2.05) is 37.6 Å². The van der Waals surface area contributed by atoms with Crippen molar-refractivity contribution < 1.29 is 0 Å². The molecule has 3 heteroatoms. The first-order valence-corrected chi connectivity index (χ1v) is 6.76. The van der Waals surface area contributed by atoms with Crippen LogP contribution in [-0.2, 0) is 13.1 Å². The SMILES string of the molecule is Cc1ccc(CNCc2ccc3cnccc3c2)cn1. The van der Waals surface area contributed by atoms with E-state index in [2.05, 4.69) is 39.6 Å². The van der Waals surface area contributed by atoms with Gasteiger partial charge in [0.05, 0.1) is 0 Å². The summed E-state index contributed by atoms with van der Waals surface area (Å²) in [5.74, 6) is 0. The van der Waals surface area contributed by atoms with Gasteiger partial charge in [-0.05, 0) is 41.6 Å². The van der Waals surface area contributed by atoms with E-state index in [1.54, 1.807) is 0 Å². The van der Waals surface area contributed by atoms with E-state index >= 15 is 0 Å². The molecule has 0 aliphatic heterocycles. The molecule has 0 saturated carbocycles. The Morgan fingerprint density at radius 3 is 2.60 bits per heavy atom. The standard InChI is InChI=1S/C17H17N3/c1-13-2-3-15(11-20-13)10-19-9-14-4-5-17-12-18-7-6-16(17)8-14/h2-8,11-12,19H,9-10H2,1H3. The van der Waals surface area contributed by atoms with Gasteiger partial charge in [-0.25, -0.2) is 0 Å². The highest BCUT2D eigenvalue weighted by atomic mass is 14.8. The Morgan fingerprint density at radius 1 is 0.900 bits per heavy atom. The summed E-state index contributed by atoms with van der Waals surface area (Å²) in [6.07, 6.45) is 5.65.